The zero-order valence-corrected chi connectivity index (χ0v) is 21.6. The van der Waals surface area contributed by atoms with Crippen molar-refractivity contribution in [2.45, 2.75) is 24.9 Å². The van der Waals surface area contributed by atoms with Crippen molar-refractivity contribution in [3.8, 4) is 6.07 Å². The lowest BCUT2D eigenvalue weighted by atomic mass is 10.0. The highest BCUT2D eigenvalue weighted by molar-refractivity contribution is 6.36. The number of nitrogens with one attached hydrogen (secondary N) is 4. The maximum Gasteiger partial charge on any atom is 0.231 e. The number of halogens is 4. The second-order valence-corrected chi connectivity index (χ2v) is 9.87. The molecule has 0 radical (unpaired) electrons. The molecule has 0 bridgehead atoms. The Kier molecular flexibility index (Phi) is 6.25. The summed E-state index contributed by atoms with van der Waals surface area (Å²) in [6.07, 6.45) is 6.51. The topological polar surface area (TPSA) is 101 Å². The zero-order valence-electron chi connectivity index (χ0n) is 21.1. The molecule has 1 aliphatic carbocycles. The van der Waals surface area contributed by atoms with Crippen molar-refractivity contribution in [1.82, 2.24) is 25.9 Å². The summed E-state index contributed by atoms with van der Waals surface area (Å²) in [5.41, 5.74) is 8.81. The van der Waals surface area contributed by atoms with Crippen LogP contribution in [0, 0.1) is 23.1 Å². The zero-order chi connectivity index (χ0) is 28.0. The summed E-state index contributed by atoms with van der Waals surface area (Å²) in [5.74, 6) is -1.24. The molecule has 6 rings (SSSR count). The van der Waals surface area contributed by atoms with Crippen molar-refractivity contribution in [1.29, 1.82) is 5.26 Å². The summed E-state index contributed by atoms with van der Waals surface area (Å²) in [5, 5.41) is 18.5. The maximum absolute atomic E-state index is 13.8. The van der Waals surface area contributed by atoms with Gasteiger partial charge in [-0.1, -0.05) is 35.3 Å². The summed E-state index contributed by atoms with van der Waals surface area (Å²) >= 11 is 12.6. The fourth-order valence-electron chi connectivity index (χ4n) is 4.25. The average Bonchev–Trinajstić information content (AvgIpc) is 3.67. The summed E-state index contributed by atoms with van der Waals surface area (Å²) in [7, 11) is 0. The Morgan fingerprint density at radius 3 is 2.56 bits per heavy atom. The third-order valence-corrected chi connectivity index (χ3v) is 6.86. The Morgan fingerprint density at radius 1 is 1.08 bits per heavy atom. The third kappa shape index (κ3) is 5.12. The standard InChI is InChI=1S/C27H20Cl2F2N8/c28-21-8-17(35-25(14-1-3-16(30)4-2-14)23-13-39(38-37-23)19-5-6-19)7-20-24(15(10-32)11-33-26(20)21)36-18-9-22(29)27(31)34-12-18/h1-4,7-9,11-13,19,25,35,37-38H,5-6H2,(H,33,36)/i25D. The number of rotatable bonds is 7. The molecule has 1 atom stereocenters. The predicted octanol–water partition coefficient (Wildman–Crippen LogP) is 6.31. The lowest BCUT2D eigenvalue weighted by Crippen LogP contribution is -2.38. The van der Waals surface area contributed by atoms with Gasteiger partial charge in [0.05, 0.1) is 51.8 Å². The molecular weight excluding hydrogens is 545 g/mol. The molecule has 1 fully saturated rings. The highest BCUT2D eigenvalue weighted by Gasteiger charge is 2.32. The number of hydrogen-bond donors (Lipinski definition) is 4. The van der Waals surface area contributed by atoms with E-state index in [9.17, 15) is 15.4 Å². The van der Waals surface area contributed by atoms with E-state index in [4.69, 9.17) is 23.2 Å². The van der Waals surface area contributed by atoms with E-state index in [-0.39, 0.29) is 15.6 Å². The second kappa shape index (κ2) is 10.2. The monoisotopic (exact) mass is 565 g/mol. The van der Waals surface area contributed by atoms with Gasteiger partial charge in [0.25, 0.3) is 0 Å². The minimum absolute atomic E-state index is 0.188. The van der Waals surface area contributed by atoms with Crippen LogP contribution in [0.3, 0.4) is 0 Å². The summed E-state index contributed by atoms with van der Waals surface area (Å²) < 4.78 is 37.0. The van der Waals surface area contributed by atoms with Crippen LogP contribution in [0.1, 0.15) is 31.4 Å². The first-order chi connectivity index (χ1) is 19.2. The maximum atomic E-state index is 13.8. The van der Waals surface area contributed by atoms with Gasteiger partial charge in [0.15, 0.2) is 0 Å². The molecule has 2 aromatic heterocycles. The van der Waals surface area contributed by atoms with E-state index in [1.807, 2.05) is 11.2 Å². The van der Waals surface area contributed by atoms with Gasteiger partial charge in [-0.25, -0.2) is 9.37 Å². The molecule has 1 unspecified atom stereocenters. The van der Waals surface area contributed by atoms with E-state index in [1.54, 1.807) is 12.1 Å². The number of aromatic nitrogens is 2. The smallest absolute Gasteiger partial charge is 0.231 e. The number of benzene rings is 2. The molecule has 196 valence electrons. The number of hydrogen-bond acceptors (Lipinski definition) is 8. The molecule has 4 aromatic rings. The van der Waals surface area contributed by atoms with Crippen LogP contribution in [-0.2, 0) is 0 Å². The summed E-state index contributed by atoms with van der Waals surface area (Å²) in [6, 6.07) is 11.2. The number of nitrogens with zero attached hydrogens (tertiary/aromatic N) is 4. The molecule has 8 nitrogen and oxygen atoms in total. The van der Waals surface area contributed by atoms with Gasteiger partial charge in [0.1, 0.15) is 11.9 Å². The first-order valence-corrected chi connectivity index (χ1v) is 12.7. The van der Waals surface area contributed by atoms with Crippen molar-refractivity contribution < 1.29 is 10.2 Å². The Hall–Kier alpha value is -4.17. The quantitative estimate of drug-likeness (QED) is 0.193. The Labute approximate surface area is 233 Å². The second-order valence-electron chi connectivity index (χ2n) is 9.06. The molecule has 2 aromatic carbocycles. The first kappa shape index (κ1) is 23.9. The van der Waals surface area contributed by atoms with Crippen LogP contribution in [0.5, 0.6) is 0 Å². The summed E-state index contributed by atoms with van der Waals surface area (Å²) in [6.45, 7) is 0. The highest BCUT2D eigenvalue weighted by Crippen LogP contribution is 2.37. The molecule has 4 N–H and O–H groups in total. The van der Waals surface area contributed by atoms with Crippen LogP contribution in [-0.4, -0.2) is 21.0 Å². The fourth-order valence-corrected chi connectivity index (χ4v) is 4.68. The summed E-state index contributed by atoms with van der Waals surface area (Å²) in [4.78, 5) is 7.98. The molecule has 0 amide bonds. The fraction of sp³-hybridized carbons (Fsp3) is 0.148. The van der Waals surface area contributed by atoms with Gasteiger partial charge in [0, 0.05) is 29.5 Å². The van der Waals surface area contributed by atoms with Gasteiger partial charge in [-0.3, -0.25) is 9.99 Å². The van der Waals surface area contributed by atoms with E-state index >= 15 is 0 Å². The first-order valence-electron chi connectivity index (χ1n) is 12.4. The minimum atomic E-state index is -1.59. The van der Waals surface area contributed by atoms with Crippen molar-refractivity contribution in [3.63, 3.8) is 0 Å². The molecule has 0 spiro atoms. The molecule has 3 heterocycles. The van der Waals surface area contributed by atoms with Crippen LogP contribution < -0.4 is 21.6 Å². The van der Waals surface area contributed by atoms with Gasteiger partial charge in [-0.05, 0) is 48.7 Å². The van der Waals surface area contributed by atoms with Crippen molar-refractivity contribution >= 4 is 51.2 Å². The van der Waals surface area contributed by atoms with Gasteiger partial charge >= 0.3 is 0 Å². The SMILES string of the molecule is [2H]C(Nc1cc(Cl)c2ncc(C#N)c(Nc3cnc(F)c(Cl)c3)c2c1)(C1=CN(C2CC2)NN1)c1ccc(F)cc1. The van der Waals surface area contributed by atoms with Crippen LogP contribution in [0.4, 0.5) is 25.8 Å². The van der Waals surface area contributed by atoms with Crippen LogP contribution in [0.2, 0.25) is 10.0 Å². The van der Waals surface area contributed by atoms with E-state index < -0.39 is 17.8 Å². The molecule has 1 saturated carbocycles. The third-order valence-electron chi connectivity index (χ3n) is 6.31. The molecular formula is C27H20Cl2F2N8. The van der Waals surface area contributed by atoms with E-state index in [1.165, 1.54) is 42.7 Å². The van der Waals surface area contributed by atoms with Crippen molar-refractivity contribution in [2.24, 2.45) is 0 Å². The number of fused-ring (bicyclic) bond motifs is 1. The number of pyridine rings is 2. The molecule has 12 heteroatoms. The van der Waals surface area contributed by atoms with Crippen LogP contribution >= 0.6 is 23.2 Å². The predicted molar refractivity (Wildman–Crippen MR) is 146 cm³/mol. The molecule has 2 aliphatic rings. The van der Waals surface area contributed by atoms with Gasteiger partial charge in [-0.15, -0.1) is 5.53 Å². The normalized spacial score (nSPS) is 16.6. The van der Waals surface area contributed by atoms with Crippen LogP contribution in [0.25, 0.3) is 10.9 Å². The van der Waals surface area contributed by atoms with E-state index in [0.29, 0.717) is 45.3 Å². The average molecular weight is 566 g/mol. The Balaban J connectivity index is 1.45. The van der Waals surface area contributed by atoms with Crippen molar-refractivity contribution in [3.05, 3.63) is 99.7 Å². The highest BCUT2D eigenvalue weighted by atomic mass is 35.5. The lowest BCUT2D eigenvalue weighted by Gasteiger charge is -2.22. The molecule has 0 saturated heterocycles. The van der Waals surface area contributed by atoms with Gasteiger partial charge in [0.2, 0.25) is 5.95 Å². The Bertz CT molecular complexity index is 1710. The lowest BCUT2D eigenvalue weighted by molar-refractivity contribution is 0.260. The largest absolute Gasteiger partial charge is 0.373 e. The van der Waals surface area contributed by atoms with Crippen molar-refractivity contribution in [2.75, 3.05) is 10.6 Å². The van der Waals surface area contributed by atoms with Gasteiger partial charge < -0.3 is 16.1 Å². The van der Waals surface area contributed by atoms with Crippen LogP contribution in [0.15, 0.2) is 66.8 Å². The van der Waals surface area contributed by atoms with E-state index in [2.05, 4.69) is 37.6 Å². The number of anilines is 3. The molecule has 1 aliphatic heterocycles. The van der Waals surface area contributed by atoms with Gasteiger partial charge in [-0.2, -0.15) is 9.65 Å². The number of hydrazine groups is 2. The molecule has 39 heavy (non-hydrogen) atoms. The van der Waals surface area contributed by atoms with E-state index in [0.717, 1.165) is 12.8 Å². The minimum Gasteiger partial charge on any atom is -0.373 e. The number of nitriles is 1. The Morgan fingerprint density at radius 2 is 1.85 bits per heavy atom.